The first-order valence-electron chi connectivity index (χ1n) is 7.43. The minimum Gasteiger partial charge on any atom is -0.380 e. The molecule has 0 aliphatic carbocycles. The lowest BCUT2D eigenvalue weighted by Crippen LogP contribution is -2.24. The molecule has 0 atom stereocenters. The predicted molar refractivity (Wildman–Crippen MR) is 94.4 cm³/mol. The van der Waals surface area contributed by atoms with Crippen molar-refractivity contribution in [1.29, 1.82) is 0 Å². The van der Waals surface area contributed by atoms with Crippen molar-refractivity contribution in [1.82, 2.24) is 5.32 Å². The van der Waals surface area contributed by atoms with Gasteiger partial charge in [0.25, 0.3) is 5.91 Å². The molecule has 24 heavy (non-hydrogen) atoms. The van der Waals surface area contributed by atoms with Gasteiger partial charge in [-0.1, -0.05) is 48.0 Å². The van der Waals surface area contributed by atoms with Crippen molar-refractivity contribution in [3.8, 4) is 0 Å². The molecule has 1 N–H and O–H groups in total. The monoisotopic (exact) mass is 347 g/mol. The van der Waals surface area contributed by atoms with E-state index in [1.165, 1.54) is 13.2 Å². The summed E-state index contributed by atoms with van der Waals surface area (Å²) in [6.45, 7) is 6.09. The molecule has 0 bridgehead atoms. The highest BCUT2D eigenvalue weighted by Crippen LogP contribution is 2.25. The normalized spacial score (nSPS) is 10.5. The Balaban J connectivity index is 2.14. The summed E-state index contributed by atoms with van der Waals surface area (Å²) in [4.78, 5) is 12.5. The Morgan fingerprint density at radius 2 is 2.08 bits per heavy atom. The maximum absolute atomic E-state index is 13.9. The summed E-state index contributed by atoms with van der Waals surface area (Å²) in [6, 6.07) is 10.0. The maximum Gasteiger partial charge on any atom is 0.253 e. The Kier molecular flexibility index (Phi) is 6.12. The lowest BCUT2D eigenvalue weighted by atomic mass is 10.0. The highest BCUT2D eigenvalue weighted by Gasteiger charge is 2.15. The summed E-state index contributed by atoms with van der Waals surface area (Å²) in [7, 11) is 1.51. The van der Waals surface area contributed by atoms with Gasteiger partial charge in [-0.15, -0.1) is 0 Å². The Bertz CT molecular complexity index is 774. The lowest BCUT2D eigenvalue weighted by molar-refractivity contribution is 0.0950. The third-order valence-electron chi connectivity index (χ3n) is 3.57. The van der Waals surface area contributed by atoms with Gasteiger partial charge in [0.05, 0.1) is 17.2 Å². The van der Waals surface area contributed by atoms with Crippen molar-refractivity contribution in [3.05, 3.63) is 76.1 Å². The fourth-order valence-electron chi connectivity index (χ4n) is 2.35. The fourth-order valence-corrected chi connectivity index (χ4v) is 2.61. The molecule has 1 amide bonds. The Labute approximate surface area is 146 Å². The average molecular weight is 348 g/mol. The zero-order valence-electron chi connectivity index (χ0n) is 13.7. The topological polar surface area (TPSA) is 38.3 Å². The van der Waals surface area contributed by atoms with E-state index in [0.717, 1.165) is 5.57 Å². The number of carbonyl (C=O) groups is 1. The molecule has 2 aromatic rings. The number of benzene rings is 2. The van der Waals surface area contributed by atoms with Crippen LogP contribution in [0.1, 0.15) is 34.0 Å². The lowest BCUT2D eigenvalue weighted by Gasteiger charge is -2.12. The molecular formula is C19H19ClFNO2. The van der Waals surface area contributed by atoms with E-state index < -0.39 is 0 Å². The van der Waals surface area contributed by atoms with E-state index in [0.29, 0.717) is 27.3 Å². The van der Waals surface area contributed by atoms with Gasteiger partial charge >= 0.3 is 0 Å². The highest BCUT2D eigenvalue weighted by atomic mass is 35.5. The third kappa shape index (κ3) is 4.22. The minimum absolute atomic E-state index is 0.198. The van der Waals surface area contributed by atoms with Crippen LogP contribution in [0.5, 0.6) is 0 Å². The molecule has 126 valence electrons. The van der Waals surface area contributed by atoms with Crippen molar-refractivity contribution < 1.29 is 13.9 Å². The van der Waals surface area contributed by atoms with Crippen LogP contribution in [-0.2, 0) is 17.9 Å². The molecule has 0 aliphatic rings. The first kappa shape index (κ1) is 18.2. The zero-order valence-corrected chi connectivity index (χ0v) is 14.4. The second kappa shape index (κ2) is 8.08. The van der Waals surface area contributed by atoms with Crippen molar-refractivity contribution in [3.63, 3.8) is 0 Å². The van der Waals surface area contributed by atoms with Crippen LogP contribution >= 0.6 is 11.6 Å². The van der Waals surface area contributed by atoms with Crippen molar-refractivity contribution >= 4 is 23.1 Å². The SMILES string of the molecule is C=C(C)c1cccc(Cl)c1C(=O)NCc1ccc(COC)c(F)c1. The molecular weight excluding hydrogens is 329 g/mol. The summed E-state index contributed by atoms with van der Waals surface area (Å²) in [5.74, 6) is -0.677. The minimum atomic E-state index is -0.357. The molecule has 0 unspecified atom stereocenters. The van der Waals surface area contributed by atoms with Gasteiger partial charge in [0.2, 0.25) is 0 Å². The molecule has 0 heterocycles. The number of hydrogen-bond acceptors (Lipinski definition) is 2. The molecule has 0 radical (unpaired) electrons. The molecule has 2 rings (SSSR count). The molecule has 5 heteroatoms. The van der Waals surface area contributed by atoms with Gasteiger partial charge in [-0.3, -0.25) is 4.79 Å². The van der Waals surface area contributed by atoms with E-state index in [2.05, 4.69) is 11.9 Å². The third-order valence-corrected chi connectivity index (χ3v) is 3.89. The molecule has 0 fully saturated rings. The summed E-state index contributed by atoms with van der Waals surface area (Å²) in [5, 5.41) is 3.12. The first-order chi connectivity index (χ1) is 11.4. The fraction of sp³-hybridized carbons (Fsp3) is 0.211. The van der Waals surface area contributed by atoms with Crippen molar-refractivity contribution in [2.45, 2.75) is 20.1 Å². The number of rotatable bonds is 6. The van der Waals surface area contributed by atoms with Crippen LogP contribution in [0.2, 0.25) is 5.02 Å². The number of hydrogen-bond donors (Lipinski definition) is 1. The Morgan fingerprint density at radius 3 is 2.71 bits per heavy atom. The van der Waals surface area contributed by atoms with Gasteiger partial charge in [0.15, 0.2) is 0 Å². The Morgan fingerprint density at radius 1 is 1.33 bits per heavy atom. The van der Waals surface area contributed by atoms with Gasteiger partial charge in [-0.2, -0.15) is 0 Å². The molecule has 0 saturated carbocycles. The largest absolute Gasteiger partial charge is 0.380 e. The molecule has 0 aliphatic heterocycles. The molecule has 0 saturated heterocycles. The predicted octanol–water partition coefficient (Wildman–Crippen LogP) is 4.59. The number of allylic oxidation sites excluding steroid dienone is 1. The number of halogens is 2. The number of nitrogens with one attached hydrogen (secondary N) is 1. The van der Waals surface area contributed by atoms with E-state index in [1.807, 2.05) is 6.92 Å². The zero-order chi connectivity index (χ0) is 17.7. The first-order valence-corrected chi connectivity index (χ1v) is 7.80. The van der Waals surface area contributed by atoms with Crippen LogP contribution < -0.4 is 5.32 Å². The maximum atomic E-state index is 13.9. The molecule has 0 spiro atoms. The standard InChI is InChI=1S/C19H19ClFNO2/c1-12(2)15-5-4-6-16(20)18(15)19(23)22-10-13-7-8-14(11-24-3)17(21)9-13/h4-9H,1,10-11H2,2-3H3,(H,22,23). The van der Waals surface area contributed by atoms with Gasteiger partial charge in [0, 0.05) is 19.2 Å². The number of carbonyl (C=O) groups excluding carboxylic acids is 1. The van der Waals surface area contributed by atoms with E-state index in [-0.39, 0.29) is 24.9 Å². The van der Waals surface area contributed by atoms with Gasteiger partial charge in [-0.05, 0) is 30.2 Å². The number of ether oxygens (including phenoxy) is 1. The number of amides is 1. The quantitative estimate of drug-likeness (QED) is 0.830. The van der Waals surface area contributed by atoms with Gasteiger partial charge in [0.1, 0.15) is 5.82 Å². The smallest absolute Gasteiger partial charge is 0.253 e. The van der Waals surface area contributed by atoms with Crippen LogP contribution in [0.3, 0.4) is 0 Å². The molecule has 2 aromatic carbocycles. The van der Waals surface area contributed by atoms with Crippen LogP contribution in [0, 0.1) is 5.82 Å². The highest BCUT2D eigenvalue weighted by molar-refractivity contribution is 6.34. The van der Waals surface area contributed by atoms with Crippen LogP contribution in [0.25, 0.3) is 5.57 Å². The summed E-state index contributed by atoms with van der Waals surface area (Å²) in [6.07, 6.45) is 0. The van der Waals surface area contributed by atoms with Crippen molar-refractivity contribution in [2.24, 2.45) is 0 Å². The van der Waals surface area contributed by atoms with Crippen LogP contribution in [0.15, 0.2) is 43.0 Å². The van der Waals surface area contributed by atoms with Crippen LogP contribution in [-0.4, -0.2) is 13.0 Å². The average Bonchev–Trinajstić information content (AvgIpc) is 2.54. The van der Waals surface area contributed by atoms with Gasteiger partial charge < -0.3 is 10.1 Å². The van der Waals surface area contributed by atoms with E-state index in [4.69, 9.17) is 16.3 Å². The van der Waals surface area contributed by atoms with Crippen molar-refractivity contribution in [2.75, 3.05) is 7.11 Å². The molecule has 0 aromatic heterocycles. The second-order valence-corrected chi connectivity index (χ2v) is 5.89. The Hall–Kier alpha value is -2.17. The van der Waals surface area contributed by atoms with E-state index in [9.17, 15) is 9.18 Å². The number of methoxy groups -OCH3 is 1. The summed E-state index contributed by atoms with van der Waals surface area (Å²) >= 11 is 6.16. The van der Waals surface area contributed by atoms with E-state index in [1.54, 1.807) is 30.3 Å². The summed E-state index contributed by atoms with van der Waals surface area (Å²) in [5.41, 5.74) is 2.95. The summed E-state index contributed by atoms with van der Waals surface area (Å²) < 4.78 is 18.8. The van der Waals surface area contributed by atoms with Gasteiger partial charge in [-0.25, -0.2) is 4.39 Å². The van der Waals surface area contributed by atoms with Crippen LogP contribution in [0.4, 0.5) is 4.39 Å². The van der Waals surface area contributed by atoms with E-state index >= 15 is 0 Å². The molecule has 3 nitrogen and oxygen atoms in total. The second-order valence-electron chi connectivity index (χ2n) is 5.48.